The third kappa shape index (κ3) is 5.20. The molecule has 7 nitrogen and oxygen atoms in total. The normalized spacial score (nSPS) is 14.6. The van der Waals surface area contributed by atoms with Gasteiger partial charge in [0.05, 0.1) is 15.7 Å². The van der Waals surface area contributed by atoms with Crippen LogP contribution in [0.25, 0.3) is 16.8 Å². The SMILES string of the molecule is O=C1NC(=S)N(c2cccc(C(=O)O)c2)C(=O)C1=Cc1ccc(OCc2ccc3ccccc3c2)c(Br)c1. The van der Waals surface area contributed by atoms with E-state index in [9.17, 15) is 19.5 Å². The van der Waals surface area contributed by atoms with Crippen molar-refractivity contribution in [3.63, 3.8) is 0 Å². The van der Waals surface area contributed by atoms with Crippen LogP contribution >= 0.6 is 28.1 Å². The zero-order chi connectivity index (χ0) is 26.8. The molecule has 0 unspecified atom stereocenters. The third-order valence-electron chi connectivity index (χ3n) is 5.93. The molecule has 0 saturated carbocycles. The number of halogens is 1. The van der Waals surface area contributed by atoms with Crippen molar-refractivity contribution in [1.82, 2.24) is 5.32 Å². The number of ether oxygens (including phenoxy) is 1. The smallest absolute Gasteiger partial charge is 0.335 e. The lowest BCUT2D eigenvalue weighted by molar-refractivity contribution is -0.122. The number of thiocarbonyl (C=S) groups is 1. The molecule has 188 valence electrons. The molecule has 4 aromatic carbocycles. The Kier molecular flexibility index (Phi) is 7.04. The van der Waals surface area contributed by atoms with Gasteiger partial charge in [-0.2, -0.15) is 0 Å². The van der Waals surface area contributed by atoms with Crippen LogP contribution in [0.15, 0.2) is 95.0 Å². The van der Waals surface area contributed by atoms with Gasteiger partial charge in [0, 0.05) is 0 Å². The van der Waals surface area contributed by atoms with Crippen molar-refractivity contribution in [2.45, 2.75) is 6.61 Å². The number of benzene rings is 4. The van der Waals surface area contributed by atoms with Crippen LogP contribution in [-0.4, -0.2) is 28.0 Å². The number of nitrogens with one attached hydrogen (secondary N) is 1. The summed E-state index contributed by atoms with van der Waals surface area (Å²) >= 11 is 8.71. The van der Waals surface area contributed by atoms with Gasteiger partial charge in [0.15, 0.2) is 5.11 Å². The lowest BCUT2D eigenvalue weighted by Gasteiger charge is -2.29. The van der Waals surface area contributed by atoms with E-state index in [1.165, 1.54) is 24.3 Å². The van der Waals surface area contributed by atoms with E-state index in [4.69, 9.17) is 17.0 Å². The average Bonchev–Trinajstić information content (AvgIpc) is 2.90. The summed E-state index contributed by atoms with van der Waals surface area (Å²) < 4.78 is 6.64. The molecule has 0 radical (unpaired) electrons. The van der Waals surface area contributed by atoms with Crippen LogP contribution in [0.4, 0.5) is 5.69 Å². The molecule has 38 heavy (non-hydrogen) atoms. The van der Waals surface area contributed by atoms with E-state index in [1.807, 2.05) is 18.2 Å². The average molecular weight is 587 g/mol. The summed E-state index contributed by atoms with van der Waals surface area (Å²) in [7, 11) is 0. The minimum absolute atomic E-state index is 0.0104. The first-order valence-corrected chi connectivity index (χ1v) is 12.6. The minimum Gasteiger partial charge on any atom is -0.488 e. The second kappa shape index (κ2) is 10.6. The highest BCUT2D eigenvalue weighted by Crippen LogP contribution is 2.29. The molecule has 2 amide bonds. The van der Waals surface area contributed by atoms with Crippen LogP contribution in [0.1, 0.15) is 21.5 Å². The predicted molar refractivity (Wildman–Crippen MR) is 152 cm³/mol. The molecule has 0 bridgehead atoms. The quantitative estimate of drug-likeness (QED) is 0.171. The molecule has 1 saturated heterocycles. The van der Waals surface area contributed by atoms with Crippen LogP contribution < -0.4 is 15.0 Å². The number of hydrogen-bond donors (Lipinski definition) is 2. The molecule has 0 aliphatic carbocycles. The van der Waals surface area contributed by atoms with Crippen molar-refractivity contribution in [1.29, 1.82) is 0 Å². The molecular formula is C29H19BrN2O5S. The number of amides is 2. The van der Waals surface area contributed by atoms with Crippen LogP contribution in [0.2, 0.25) is 0 Å². The van der Waals surface area contributed by atoms with Crippen LogP contribution in [0.3, 0.4) is 0 Å². The number of aromatic carboxylic acids is 1. The highest BCUT2D eigenvalue weighted by atomic mass is 79.9. The van der Waals surface area contributed by atoms with Crippen molar-refractivity contribution in [3.8, 4) is 5.75 Å². The maximum atomic E-state index is 13.3. The van der Waals surface area contributed by atoms with Gasteiger partial charge in [0.25, 0.3) is 11.8 Å². The van der Waals surface area contributed by atoms with Crippen LogP contribution in [0.5, 0.6) is 5.75 Å². The lowest BCUT2D eigenvalue weighted by Crippen LogP contribution is -2.54. The van der Waals surface area contributed by atoms with Crippen molar-refractivity contribution < 1.29 is 24.2 Å². The fourth-order valence-electron chi connectivity index (χ4n) is 4.05. The summed E-state index contributed by atoms with van der Waals surface area (Å²) in [5.74, 6) is -1.84. The topological polar surface area (TPSA) is 95.9 Å². The van der Waals surface area contributed by atoms with Gasteiger partial charge in [0.2, 0.25) is 0 Å². The van der Waals surface area contributed by atoms with E-state index >= 15 is 0 Å². The maximum Gasteiger partial charge on any atom is 0.335 e. The number of anilines is 1. The Bertz CT molecular complexity index is 1670. The molecule has 9 heteroatoms. The summed E-state index contributed by atoms with van der Waals surface area (Å²) in [6, 6.07) is 25.3. The molecule has 1 aliphatic heterocycles. The zero-order valence-corrected chi connectivity index (χ0v) is 22.1. The Morgan fingerprint density at radius 3 is 2.53 bits per heavy atom. The highest BCUT2D eigenvalue weighted by molar-refractivity contribution is 9.10. The highest BCUT2D eigenvalue weighted by Gasteiger charge is 2.34. The summed E-state index contributed by atoms with van der Waals surface area (Å²) in [6.45, 7) is 0.368. The number of carbonyl (C=O) groups is 3. The van der Waals surface area contributed by atoms with Gasteiger partial charge in [-0.25, -0.2) is 4.79 Å². The van der Waals surface area contributed by atoms with Gasteiger partial charge < -0.3 is 9.84 Å². The van der Waals surface area contributed by atoms with Crippen molar-refractivity contribution in [2.24, 2.45) is 0 Å². The van der Waals surface area contributed by atoms with Crippen LogP contribution in [0, 0.1) is 0 Å². The standard InChI is InChI=1S/C29H19BrN2O5S/c30-24-14-17(9-11-25(24)37-16-18-8-10-19-4-1-2-5-20(19)12-18)13-23-26(33)31-29(38)32(27(23)34)22-7-3-6-21(15-22)28(35)36/h1-15H,16H2,(H,35,36)(H,31,33,38). The Hall–Kier alpha value is -4.34. The first-order valence-electron chi connectivity index (χ1n) is 11.4. The van der Waals surface area contributed by atoms with E-state index in [0.29, 0.717) is 22.4 Å². The summed E-state index contributed by atoms with van der Waals surface area (Å²) in [6.07, 6.45) is 1.45. The van der Waals surface area contributed by atoms with E-state index in [2.05, 4.69) is 45.5 Å². The third-order valence-corrected chi connectivity index (χ3v) is 6.83. The van der Waals surface area contributed by atoms with Gasteiger partial charge in [-0.15, -0.1) is 0 Å². The Labute approximate surface area is 231 Å². The Balaban J connectivity index is 1.36. The first kappa shape index (κ1) is 25.3. The zero-order valence-electron chi connectivity index (χ0n) is 19.7. The number of rotatable bonds is 6. The molecule has 2 N–H and O–H groups in total. The molecule has 1 fully saturated rings. The number of fused-ring (bicyclic) bond motifs is 1. The molecule has 0 spiro atoms. The molecule has 0 aromatic heterocycles. The maximum absolute atomic E-state index is 13.3. The van der Waals surface area contributed by atoms with Crippen molar-refractivity contribution in [3.05, 3.63) is 112 Å². The number of nitrogens with zero attached hydrogens (tertiary/aromatic N) is 1. The molecule has 4 aromatic rings. The summed E-state index contributed by atoms with van der Waals surface area (Å²) in [5, 5.41) is 14.0. The molecule has 1 aliphatic rings. The van der Waals surface area contributed by atoms with Crippen LogP contribution in [-0.2, 0) is 16.2 Å². The largest absolute Gasteiger partial charge is 0.488 e. The summed E-state index contributed by atoms with van der Waals surface area (Å²) in [4.78, 5) is 38.4. The number of hydrogen-bond acceptors (Lipinski definition) is 5. The monoisotopic (exact) mass is 586 g/mol. The second-order valence-corrected chi connectivity index (χ2v) is 9.71. The van der Waals surface area contributed by atoms with E-state index in [0.717, 1.165) is 21.2 Å². The summed E-state index contributed by atoms with van der Waals surface area (Å²) in [5.41, 5.74) is 1.69. The van der Waals surface area contributed by atoms with Crippen molar-refractivity contribution >= 4 is 73.6 Å². The molecular weight excluding hydrogens is 568 g/mol. The number of carbonyl (C=O) groups excluding carboxylic acids is 2. The minimum atomic E-state index is -1.14. The van der Waals surface area contributed by atoms with Gasteiger partial charge in [0.1, 0.15) is 17.9 Å². The predicted octanol–water partition coefficient (Wildman–Crippen LogP) is 5.71. The van der Waals surface area contributed by atoms with E-state index < -0.39 is 17.8 Å². The van der Waals surface area contributed by atoms with Crippen molar-refractivity contribution in [2.75, 3.05) is 4.90 Å². The Morgan fingerprint density at radius 2 is 1.76 bits per heavy atom. The van der Waals surface area contributed by atoms with E-state index in [1.54, 1.807) is 24.3 Å². The number of carboxylic acids is 1. The molecule has 1 heterocycles. The molecule has 0 atom stereocenters. The fourth-order valence-corrected chi connectivity index (χ4v) is 4.84. The fraction of sp³-hybridized carbons (Fsp3) is 0.0345. The Morgan fingerprint density at radius 1 is 0.974 bits per heavy atom. The van der Waals surface area contributed by atoms with Gasteiger partial charge >= 0.3 is 5.97 Å². The lowest BCUT2D eigenvalue weighted by atomic mass is 10.1. The van der Waals surface area contributed by atoms with Gasteiger partial charge in [-0.05, 0) is 92.5 Å². The first-order chi connectivity index (χ1) is 18.3. The van der Waals surface area contributed by atoms with Gasteiger partial charge in [-0.3, -0.25) is 19.8 Å². The van der Waals surface area contributed by atoms with E-state index in [-0.39, 0.29) is 21.9 Å². The number of carboxylic acid groups (broad SMARTS) is 1. The molecule has 5 rings (SSSR count). The second-order valence-electron chi connectivity index (χ2n) is 8.47. The van der Waals surface area contributed by atoms with Gasteiger partial charge in [-0.1, -0.05) is 48.5 Å².